The van der Waals surface area contributed by atoms with Gasteiger partial charge in [0.1, 0.15) is 0 Å². The van der Waals surface area contributed by atoms with Gasteiger partial charge in [-0.2, -0.15) is 0 Å². The highest BCUT2D eigenvalue weighted by Gasteiger charge is 2.19. The van der Waals surface area contributed by atoms with Crippen molar-refractivity contribution in [3.63, 3.8) is 0 Å². The summed E-state index contributed by atoms with van der Waals surface area (Å²) in [7, 11) is 0. The molecule has 1 aromatic carbocycles. The normalized spacial score (nSPS) is 13.6. The van der Waals surface area contributed by atoms with Gasteiger partial charge in [0.2, 0.25) is 5.91 Å². The quantitative estimate of drug-likeness (QED) is 0.849. The largest absolute Gasteiger partial charge is 0.481 e. The van der Waals surface area contributed by atoms with E-state index in [1.165, 1.54) is 35.3 Å². The first-order valence-electron chi connectivity index (χ1n) is 8.58. The van der Waals surface area contributed by atoms with Gasteiger partial charge in [-0.15, -0.1) is 11.3 Å². The summed E-state index contributed by atoms with van der Waals surface area (Å²) in [5, 5.41) is 12.4. The minimum absolute atomic E-state index is 0.0956. The molecule has 1 aliphatic rings. The second kappa shape index (κ2) is 7.35. The number of nitrogens with zero attached hydrogens (tertiary/aromatic N) is 1. The van der Waals surface area contributed by atoms with Crippen LogP contribution in [-0.2, 0) is 28.9 Å². The molecular weight excluding hydrogens is 336 g/mol. The minimum atomic E-state index is -0.899. The average molecular weight is 358 g/mol. The molecule has 0 radical (unpaired) electrons. The van der Waals surface area contributed by atoms with Crippen molar-refractivity contribution in [1.29, 1.82) is 0 Å². The number of hydrogen-bond acceptors (Lipinski definition) is 4. The van der Waals surface area contributed by atoms with Crippen molar-refractivity contribution in [1.82, 2.24) is 4.98 Å². The molecule has 0 atom stereocenters. The molecule has 0 spiro atoms. The standard InChI is InChI=1S/C19H22N2O3S/c1-11(2)18(24)21-19-20-17(15(25-19)10-16(22)23)14-8-7-12-5-3-4-6-13(12)9-14/h7-9,11H,3-6,10H2,1-2H3,(H,22,23)(H,20,21,24). The average Bonchev–Trinajstić information content (AvgIpc) is 2.95. The van der Waals surface area contributed by atoms with Gasteiger partial charge in [-0.3, -0.25) is 9.59 Å². The van der Waals surface area contributed by atoms with Crippen LogP contribution in [0.4, 0.5) is 5.13 Å². The Balaban J connectivity index is 1.97. The molecule has 1 amide bonds. The minimum Gasteiger partial charge on any atom is -0.481 e. The zero-order valence-corrected chi connectivity index (χ0v) is 15.3. The van der Waals surface area contributed by atoms with Gasteiger partial charge in [-0.25, -0.2) is 4.98 Å². The van der Waals surface area contributed by atoms with E-state index in [1.54, 1.807) is 0 Å². The molecule has 132 valence electrons. The topological polar surface area (TPSA) is 79.3 Å². The first-order chi connectivity index (χ1) is 11.9. The van der Waals surface area contributed by atoms with E-state index in [-0.39, 0.29) is 18.2 Å². The second-order valence-corrected chi connectivity index (χ2v) is 7.78. The van der Waals surface area contributed by atoms with Crippen LogP contribution in [0.1, 0.15) is 42.7 Å². The van der Waals surface area contributed by atoms with E-state index >= 15 is 0 Å². The monoisotopic (exact) mass is 358 g/mol. The number of carbonyl (C=O) groups is 2. The number of thiazole rings is 1. The zero-order valence-electron chi connectivity index (χ0n) is 14.5. The van der Waals surface area contributed by atoms with Crippen LogP contribution in [0.3, 0.4) is 0 Å². The maximum absolute atomic E-state index is 11.9. The number of carboxylic acid groups (broad SMARTS) is 1. The number of hydrogen-bond donors (Lipinski definition) is 2. The number of aromatic nitrogens is 1. The Hall–Kier alpha value is -2.21. The molecule has 0 saturated carbocycles. The highest BCUT2D eigenvalue weighted by molar-refractivity contribution is 7.16. The number of amides is 1. The summed E-state index contributed by atoms with van der Waals surface area (Å²) in [6, 6.07) is 6.27. The number of aryl methyl sites for hydroxylation is 2. The zero-order chi connectivity index (χ0) is 18.0. The Morgan fingerprint density at radius 3 is 2.64 bits per heavy atom. The molecule has 2 N–H and O–H groups in total. The number of anilines is 1. The van der Waals surface area contributed by atoms with E-state index in [0.717, 1.165) is 18.4 Å². The highest BCUT2D eigenvalue weighted by Crippen LogP contribution is 2.34. The van der Waals surface area contributed by atoms with Crippen molar-refractivity contribution in [2.45, 2.75) is 46.0 Å². The van der Waals surface area contributed by atoms with Crippen molar-refractivity contribution in [3.05, 3.63) is 34.2 Å². The molecule has 2 aromatic rings. The summed E-state index contributed by atoms with van der Waals surface area (Å²) in [6.45, 7) is 3.62. The molecule has 0 aliphatic heterocycles. The number of fused-ring (bicyclic) bond motifs is 1. The fraction of sp³-hybridized carbons (Fsp3) is 0.421. The van der Waals surface area contributed by atoms with Crippen LogP contribution in [0.2, 0.25) is 0 Å². The number of carboxylic acids is 1. The van der Waals surface area contributed by atoms with Gasteiger partial charge < -0.3 is 10.4 Å². The second-order valence-electron chi connectivity index (χ2n) is 6.70. The fourth-order valence-corrected chi connectivity index (χ4v) is 4.00. The smallest absolute Gasteiger partial charge is 0.308 e. The van der Waals surface area contributed by atoms with E-state index in [2.05, 4.69) is 22.4 Å². The van der Waals surface area contributed by atoms with Crippen LogP contribution < -0.4 is 5.32 Å². The maximum atomic E-state index is 11.9. The Kier molecular flexibility index (Phi) is 5.18. The molecule has 1 heterocycles. The van der Waals surface area contributed by atoms with Crippen LogP contribution in [0, 0.1) is 5.92 Å². The molecule has 0 bridgehead atoms. The van der Waals surface area contributed by atoms with Crippen molar-refractivity contribution in [2.24, 2.45) is 5.92 Å². The van der Waals surface area contributed by atoms with Crippen molar-refractivity contribution < 1.29 is 14.7 Å². The van der Waals surface area contributed by atoms with E-state index in [4.69, 9.17) is 0 Å². The van der Waals surface area contributed by atoms with Gasteiger partial charge in [-0.05, 0) is 42.9 Å². The third kappa shape index (κ3) is 4.07. The van der Waals surface area contributed by atoms with Crippen LogP contribution >= 0.6 is 11.3 Å². The van der Waals surface area contributed by atoms with E-state index < -0.39 is 5.97 Å². The lowest BCUT2D eigenvalue weighted by Gasteiger charge is -2.16. The lowest BCUT2D eigenvalue weighted by molar-refractivity contribution is -0.136. The SMILES string of the molecule is CC(C)C(=O)Nc1nc(-c2ccc3c(c2)CCCC3)c(CC(=O)O)s1. The van der Waals surface area contributed by atoms with Crippen molar-refractivity contribution in [2.75, 3.05) is 5.32 Å². The lowest BCUT2D eigenvalue weighted by atomic mass is 9.90. The lowest BCUT2D eigenvalue weighted by Crippen LogP contribution is -2.17. The Labute approximate surface area is 151 Å². The number of rotatable bonds is 5. The van der Waals surface area contributed by atoms with Gasteiger partial charge in [0, 0.05) is 16.4 Å². The third-order valence-electron chi connectivity index (χ3n) is 4.39. The van der Waals surface area contributed by atoms with Crippen molar-refractivity contribution >= 4 is 28.3 Å². The maximum Gasteiger partial charge on any atom is 0.308 e. The highest BCUT2D eigenvalue weighted by atomic mass is 32.1. The molecule has 1 aromatic heterocycles. The molecule has 0 fully saturated rings. The molecule has 6 heteroatoms. The van der Waals surface area contributed by atoms with Gasteiger partial charge in [0.25, 0.3) is 0 Å². The molecule has 0 saturated heterocycles. The Bertz CT molecular complexity index is 811. The van der Waals surface area contributed by atoms with Crippen LogP contribution in [-0.4, -0.2) is 22.0 Å². The molecular formula is C19H22N2O3S. The van der Waals surface area contributed by atoms with Gasteiger partial charge >= 0.3 is 5.97 Å². The van der Waals surface area contributed by atoms with Crippen LogP contribution in [0.15, 0.2) is 18.2 Å². The van der Waals surface area contributed by atoms with Crippen LogP contribution in [0.5, 0.6) is 0 Å². The van der Waals surface area contributed by atoms with Crippen molar-refractivity contribution in [3.8, 4) is 11.3 Å². The number of aliphatic carboxylic acids is 1. The predicted molar refractivity (Wildman–Crippen MR) is 99.0 cm³/mol. The van der Waals surface area contributed by atoms with E-state index in [9.17, 15) is 14.7 Å². The third-order valence-corrected chi connectivity index (χ3v) is 5.36. The molecule has 1 aliphatic carbocycles. The van der Waals surface area contributed by atoms with Crippen LogP contribution in [0.25, 0.3) is 11.3 Å². The van der Waals surface area contributed by atoms with Gasteiger partial charge in [0.05, 0.1) is 12.1 Å². The number of benzene rings is 1. The molecule has 25 heavy (non-hydrogen) atoms. The summed E-state index contributed by atoms with van der Waals surface area (Å²) >= 11 is 1.24. The predicted octanol–water partition coefficient (Wildman–Crippen LogP) is 3.91. The number of nitrogens with one attached hydrogen (secondary N) is 1. The Morgan fingerprint density at radius 1 is 1.24 bits per heavy atom. The summed E-state index contributed by atoms with van der Waals surface area (Å²) < 4.78 is 0. The first-order valence-corrected chi connectivity index (χ1v) is 9.40. The number of carbonyl (C=O) groups excluding carboxylic acids is 1. The first kappa shape index (κ1) is 17.6. The van der Waals surface area contributed by atoms with E-state index in [1.807, 2.05) is 19.9 Å². The van der Waals surface area contributed by atoms with E-state index in [0.29, 0.717) is 15.7 Å². The van der Waals surface area contributed by atoms with Gasteiger partial charge in [0.15, 0.2) is 5.13 Å². The Morgan fingerprint density at radius 2 is 1.96 bits per heavy atom. The fourth-order valence-electron chi connectivity index (χ4n) is 3.02. The summed E-state index contributed by atoms with van der Waals surface area (Å²) in [5.41, 5.74) is 4.29. The summed E-state index contributed by atoms with van der Waals surface area (Å²) in [4.78, 5) is 28.3. The van der Waals surface area contributed by atoms with Gasteiger partial charge in [-0.1, -0.05) is 26.0 Å². The molecule has 0 unspecified atom stereocenters. The molecule has 3 rings (SSSR count). The summed E-state index contributed by atoms with van der Waals surface area (Å²) in [5.74, 6) is -1.17. The molecule has 5 nitrogen and oxygen atoms in total. The summed E-state index contributed by atoms with van der Waals surface area (Å²) in [6.07, 6.45) is 4.47.